The van der Waals surface area contributed by atoms with Crippen LogP contribution in [0.4, 0.5) is 4.39 Å². The molecule has 1 aromatic carbocycles. The molecule has 0 saturated carbocycles. The van der Waals surface area contributed by atoms with Crippen LogP contribution in [0.2, 0.25) is 0 Å². The van der Waals surface area contributed by atoms with Crippen LogP contribution >= 0.6 is 11.8 Å². The molecular weight excluding hydrogens is 263 g/mol. The van der Waals surface area contributed by atoms with Crippen LogP contribution in [0.25, 0.3) is 0 Å². The Morgan fingerprint density at radius 1 is 1.37 bits per heavy atom. The summed E-state index contributed by atoms with van der Waals surface area (Å²) < 4.78 is 15.5. The molecule has 1 heterocycles. The molecule has 1 N–H and O–H groups in total. The van der Waals surface area contributed by atoms with Crippen molar-refractivity contribution in [2.75, 3.05) is 0 Å². The van der Waals surface area contributed by atoms with Crippen LogP contribution in [0.1, 0.15) is 24.6 Å². The molecule has 0 radical (unpaired) electrons. The lowest BCUT2D eigenvalue weighted by Gasteiger charge is -2.09. The van der Waals surface area contributed by atoms with E-state index in [0.29, 0.717) is 11.3 Å². The molecule has 5 heteroatoms. The fraction of sp³-hybridized carbons (Fsp3) is 0.357. The Kier molecular flexibility index (Phi) is 4.99. The topological polar surface area (TPSA) is 38.0 Å². The number of halogens is 1. The van der Waals surface area contributed by atoms with E-state index in [2.05, 4.69) is 11.9 Å². The number of nitrogens with zero attached hydrogens (tertiary/aromatic N) is 2. The van der Waals surface area contributed by atoms with Gasteiger partial charge in [-0.3, -0.25) is 0 Å². The summed E-state index contributed by atoms with van der Waals surface area (Å²) in [6, 6.07) is 6.76. The normalized spacial score (nSPS) is 10.9. The number of aliphatic hydroxyl groups is 1. The molecule has 3 nitrogen and oxygen atoms in total. The summed E-state index contributed by atoms with van der Waals surface area (Å²) >= 11 is 1.49. The fourth-order valence-electron chi connectivity index (χ4n) is 1.85. The molecular formula is C14H17FN2OS. The van der Waals surface area contributed by atoms with E-state index in [1.807, 2.05) is 10.6 Å². The van der Waals surface area contributed by atoms with Crippen molar-refractivity contribution in [3.05, 3.63) is 47.5 Å². The molecule has 1 aromatic heterocycles. The van der Waals surface area contributed by atoms with E-state index in [1.165, 1.54) is 17.8 Å². The summed E-state index contributed by atoms with van der Waals surface area (Å²) in [5.41, 5.74) is 1.47. The van der Waals surface area contributed by atoms with Gasteiger partial charge >= 0.3 is 0 Å². The second-order valence-electron chi connectivity index (χ2n) is 4.22. The molecule has 0 amide bonds. The summed E-state index contributed by atoms with van der Waals surface area (Å²) in [7, 11) is 0. The minimum Gasteiger partial charge on any atom is -0.390 e. The highest BCUT2D eigenvalue weighted by molar-refractivity contribution is 7.98. The van der Waals surface area contributed by atoms with E-state index in [0.717, 1.165) is 23.8 Å². The SMILES string of the molecule is CCCn1c(CO)cnc1SCc1ccccc1F. The number of aliphatic hydroxyl groups excluding tert-OH is 1. The number of aromatic nitrogens is 2. The Hall–Kier alpha value is -1.33. The van der Waals surface area contributed by atoms with Crippen LogP contribution in [0.3, 0.4) is 0 Å². The zero-order chi connectivity index (χ0) is 13.7. The lowest BCUT2D eigenvalue weighted by Crippen LogP contribution is -2.04. The zero-order valence-electron chi connectivity index (χ0n) is 10.8. The quantitative estimate of drug-likeness (QED) is 0.826. The molecule has 0 aliphatic carbocycles. The summed E-state index contributed by atoms with van der Waals surface area (Å²) in [5, 5.41) is 10.1. The minimum atomic E-state index is -0.189. The molecule has 0 fully saturated rings. The summed E-state index contributed by atoms with van der Waals surface area (Å²) in [4.78, 5) is 4.29. The number of imidazole rings is 1. The van der Waals surface area contributed by atoms with Crippen LogP contribution in [-0.2, 0) is 18.9 Å². The second-order valence-corrected chi connectivity index (χ2v) is 5.16. The van der Waals surface area contributed by atoms with Gasteiger partial charge in [0.05, 0.1) is 18.5 Å². The van der Waals surface area contributed by atoms with E-state index in [9.17, 15) is 9.50 Å². The average molecular weight is 280 g/mol. The average Bonchev–Trinajstić information content (AvgIpc) is 2.81. The van der Waals surface area contributed by atoms with Gasteiger partial charge in [-0.05, 0) is 18.1 Å². The molecule has 2 rings (SSSR count). The highest BCUT2D eigenvalue weighted by Crippen LogP contribution is 2.24. The molecule has 0 unspecified atom stereocenters. The Labute approximate surface area is 116 Å². The first-order valence-electron chi connectivity index (χ1n) is 6.27. The largest absolute Gasteiger partial charge is 0.390 e. The van der Waals surface area contributed by atoms with Gasteiger partial charge in [0.1, 0.15) is 5.82 Å². The molecule has 0 atom stereocenters. The smallest absolute Gasteiger partial charge is 0.168 e. The highest BCUT2D eigenvalue weighted by Gasteiger charge is 2.10. The Morgan fingerprint density at radius 3 is 2.84 bits per heavy atom. The zero-order valence-corrected chi connectivity index (χ0v) is 11.7. The maximum Gasteiger partial charge on any atom is 0.168 e. The molecule has 0 bridgehead atoms. The third-order valence-electron chi connectivity index (χ3n) is 2.83. The first-order valence-corrected chi connectivity index (χ1v) is 7.26. The number of rotatable bonds is 6. The fourth-order valence-corrected chi connectivity index (χ4v) is 2.86. The third-order valence-corrected chi connectivity index (χ3v) is 3.86. The van der Waals surface area contributed by atoms with Crippen molar-refractivity contribution in [1.82, 2.24) is 9.55 Å². The molecule has 19 heavy (non-hydrogen) atoms. The van der Waals surface area contributed by atoms with E-state index in [4.69, 9.17) is 0 Å². The lowest BCUT2D eigenvalue weighted by atomic mass is 10.2. The van der Waals surface area contributed by atoms with Crippen LogP contribution in [0.5, 0.6) is 0 Å². The number of benzene rings is 1. The lowest BCUT2D eigenvalue weighted by molar-refractivity contribution is 0.269. The molecule has 0 aliphatic heterocycles. The van der Waals surface area contributed by atoms with Crippen molar-refractivity contribution in [2.24, 2.45) is 0 Å². The molecule has 0 aliphatic rings. The van der Waals surface area contributed by atoms with E-state index in [1.54, 1.807) is 18.3 Å². The monoisotopic (exact) mass is 280 g/mol. The molecule has 0 spiro atoms. The van der Waals surface area contributed by atoms with Gasteiger partial charge in [0.15, 0.2) is 5.16 Å². The Balaban J connectivity index is 2.11. The van der Waals surface area contributed by atoms with Gasteiger partial charge in [-0.2, -0.15) is 0 Å². The van der Waals surface area contributed by atoms with E-state index >= 15 is 0 Å². The van der Waals surface area contributed by atoms with Gasteiger partial charge in [0.2, 0.25) is 0 Å². The second kappa shape index (κ2) is 6.73. The van der Waals surface area contributed by atoms with Gasteiger partial charge in [0.25, 0.3) is 0 Å². The highest BCUT2D eigenvalue weighted by atomic mass is 32.2. The molecule has 0 saturated heterocycles. The van der Waals surface area contributed by atoms with Gasteiger partial charge in [-0.1, -0.05) is 36.9 Å². The summed E-state index contributed by atoms with van der Waals surface area (Å²) in [6.45, 7) is 2.87. The van der Waals surface area contributed by atoms with E-state index < -0.39 is 0 Å². The van der Waals surface area contributed by atoms with Gasteiger partial charge in [-0.15, -0.1) is 0 Å². The Bertz CT molecular complexity index is 542. The van der Waals surface area contributed by atoms with E-state index in [-0.39, 0.29) is 12.4 Å². The minimum absolute atomic E-state index is 0.0206. The maximum absolute atomic E-state index is 13.5. The molecule has 102 valence electrons. The molecule has 2 aromatic rings. The summed E-state index contributed by atoms with van der Waals surface area (Å²) in [5.74, 6) is 0.351. The first kappa shape index (κ1) is 14.1. The van der Waals surface area contributed by atoms with Gasteiger partial charge < -0.3 is 9.67 Å². The Morgan fingerprint density at radius 2 is 2.16 bits per heavy atom. The predicted molar refractivity (Wildman–Crippen MR) is 74.4 cm³/mol. The number of hydrogen-bond donors (Lipinski definition) is 1. The van der Waals surface area contributed by atoms with Crippen LogP contribution in [0.15, 0.2) is 35.6 Å². The van der Waals surface area contributed by atoms with Crippen LogP contribution in [-0.4, -0.2) is 14.7 Å². The van der Waals surface area contributed by atoms with Crippen molar-refractivity contribution in [1.29, 1.82) is 0 Å². The summed E-state index contributed by atoms with van der Waals surface area (Å²) in [6.07, 6.45) is 2.65. The van der Waals surface area contributed by atoms with Crippen LogP contribution < -0.4 is 0 Å². The number of hydrogen-bond acceptors (Lipinski definition) is 3. The standard InChI is InChI=1S/C14H17FN2OS/c1-2-7-17-12(9-18)8-16-14(17)19-10-11-5-3-4-6-13(11)15/h3-6,8,18H,2,7,9-10H2,1H3. The van der Waals surface area contributed by atoms with Crippen molar-refractivity contribution >= 4 is 11.8 Å². The van der Waals surface area contributed by atoms with Crippen molar-refractivity contribution in [3.63, 3.8) is 0 Å². The van der Waals surface area contributed by atoms with Crippen molar-refractivity contribution in [2.45, 2.75) is 37.4 Å². The van der Waals surface area contributed by atoms with Crippen molar-refractivity contribution < 1.29 is 9.50 Å². The first-order chi connectivity index (χ1) is 9.26. The van der Waals surface area contributed by atoms with Crippen molar-refractivity contribution in [3.8, 4) is 0 Å². The van der Waals surface area contributed by atoms with Crippen LogP contribution in [0, 0.1) is 5.82 Å². The van der Waals surface area contributed by atoms with Gasteiger partial charge in [0, 0.05) is 12.3 Å². The van der Waals surface area contributed by atoms with Gasteiger partial charge in [-0.25, -0.2) is 9.37 Å². The predicted octanol–water partition coefficient (Wildman–Crippen LogP) is 3.22. The third kappa shape index (κ3) is 3.36. The maximum atomic E-state index is 13.5. The number of thioether (sulfide) groups is 1.